The van der Waals surface area contributed by atoms with E-state index in [0.29, 0.717) is 36.0 Å². The molecular formula is C14H19IN2OS. The summed E-state index contributed by atoms with van der Waals surface area (Å²) in [5.41, 5.74) is 6.23. The molecule has 0 aliphatic rings. The fourth-order valence-corrected chi connectivity index (χ4v) is 2.19. The van der Waals surface area contributed by atoms with E-state index in [1.165, 1.54) is 0 Å². The summed E-state index contributed by atoms with van der Waals surface area (Å²) in [6, 6.07) is 7.60. The summed E-state index contributed by atoms with van der Waals surface area (Å²) >= 11 is 7.11. The van der Waals surface area contributed by atoms with Gasteiger partial charge in [-0.3, -0.25) is 4.79 Å². The Hall–Kier alpha value is -0.690. The van der Waals surface area contributed by atoms with Crippen LogP contribution in [0.5, 0.6) is 0 Å². The number of hydrogen-bond donors (Lipinski definition) is 1. The van der Waals surface area contributed by atoms with E-state index in [-0.39, 0.29) is 5.91 Å². The number of amides is 1. The third-order valence-corrected chi connectivity index (χ3v) is 3.52. The standard InChI is InChI=1S/C14H19IN2OS/c1-10(2)9-17(8-7-13(16)19)14(18)11-3-5-12(15)6-4-11/h3-6,10H,7-9H2,1-2H3,(H2,16,19). The van der Waals surface area contributed by atoms with Crippen LogP contribution in [0, 0.1) is 9.49 Å². The predicted octanol–water partition coefficient (Wildman–Crippen LogP) is 3.07. The number of carbonyl (C=O) groups is 1. The molecule has 1 amide bonds. The second kappa shape index (κ2) is 7.79. The zero-order chi connectivity index (χ0) is 14.4. The Bertz CT molecular complexity index is 445. The van der Waals surface area contributed by atoms with Gasteiger partial charge in [0.15, 0.2) is 0 Å². The van der Waals surface area contributed by atoms with Crippen molar-refractivity contribution in [1.82, 2.24) is 4.90 Å². The molecule has 1 rings (SSSR count). The van der Waals surface area contributed by atoms with Crippen molar-refractivity contribution in [2.24, 2.45) is 11.7 Å². The molecule has 0 heterocycles. The average molecular weight is 390 g/mol. The van der Waals surface area contributed by atoms with Crippen LogP contribution in [0.2, 0.25) is 0 Å². The van der Waals surface area contributed by atoms with Crippen molar-refractivity contribution in [1.29, 1.82) is 0 Å². The molecule has 0 saturated carbocycles. The van der Waals surface area contributed by atoms with Crippen molar-refractivity contribution < 1.29 is 4.79 Å². The molecule has 0 aliphatic carbocycles. The predicted molar refractivity (Wildman–Crippen MR) is 91.3 cm³/mol. The van der Waals surface area contributed by atoms with Crippen LogP contribution in [0.1, 0.15) is 30.6 Å². The van der Waals surface area contributed by atoms with Gasteiger partial charge in [-0.25, -0.2) is 0 Å². The van der Waals surface area contributed by atoms with Crippen LogP contribution in [-0.2, 0) is 0 Å². The van der Waals surface area contributed by atoms with Crippen molar-refractivity contribution in [3.63, 3.8) is 0 Å². The molecule has 0 spiro atoms. The average Bonchev–Trinajstić information content (AvgIpc) is 2.34. The number of benzene rings is 1. The monoisotopic (exact) mass is 390 g/mol. The molecule has 0 saturated heterocycles. The molecule has 1 aromatic rings. The van der Waals surface area contributed by atoms with Crippen molar-refractivity contribution in [3.05, 3.63) is 33.4 Å². The van der Waals surface area contributed by atoms with Crippen LogP contribution in [0.15, 0.2) is 24.3 Å². The Morgan fingerprint density at radius 1 is 1.37 bits per heavy atom. The number of carbonyl (C=O) groups excluding carboxylic acids is 1. The first kappa shape index (κ1) is 16.4. The highest BCUT2D eigenvalue weighted by Crippen LogP contribution is 2.11. The quantitative estimate of drug-likeness (QED) is 0.600. The van der Waals surface area contributed by atoms with Gasteiger partial charge in [0.05, 0.1) is 4.99 Å². The normalized spacial score (nSPS) is 10.5. The lowest BCUT2D eigenvalue weighted by Crippen LogP contribution is -2.36. The summed E-state index contributed by atoms with van der Waals surface area (Å²) in [4.78, 5) is 14.7. The second-order valence-corrected chi connectivity index (χ2v) is 6.64. The van der Waals surface area contributed by atoms with E-state index >= 15 is 0 Å². The second-order valence-electron chi connectivity index (χ2n) is 4.87. The van der Waals surface area contributed by atoms with Crippen LogP contribution in [0.25, 0.3) is 0 Å². The number of nitrogens with two attached hydrogens (primary N) is 1. The van der Waals surface area contributed by atoms with Crippen LogP contribution in [0.3, 0.4) is 0 Å². The van der Waals surface area contributed by atoms with Crippen molar-refractivity contribution >= 4 is 45.7 Å². The highest BCUT2D eigenvalue weighted by molar-refractivity contribution is 14.1. The maximum Gasteiger partial charge on any atom is 0.253 e. The number of hydrogen-bond acceptors (Lipinski definition) is 2. The van der Waals surface area contributed by atoms with Gasteiger partial charge in [-0.15, -0.1) is 0 Å². The van der Waals surface area contributed by atoms with Crippen molar-refractivity contribution in [2.45, 2.75) is 20.3 Å². The highest BCUT2D eigenvalue weighted by Gasteiger charge is 2.16. The summed E-state index contributed by atoms with van der Waals surface area (Å²) in [7, 11) is 0. The Morgan fingerprint density at radius 3 is 2.42 bits per heavy atom. The zero-order valence-corrected chi connectivity index (χ0v) is 14.2. The lowest BCUT2D eigenvalue weighted by atomic mass is 10.1. The fourth-order valence-electron chi connectivity index (χ4n) is 1.74. The van der Waals surface area contributed by atoms with Gasteiger partial charge in [0.2, 0.25) is 0 Å². The van der Waals surface area contributed by atoms with Crippen molar-refractivity contribution in [3.8, 4) is 0 Å². The fraction of sp³-hybridized carbons (Fsp3) is 0.429. The van der Waals surface area contributed by atoms with E-state index in [9.17, 15) is 4.79 Å². The summed E-state index contributed by atoms with van der Waals surface area (Å²) < 4.78 is 1.12. The molecule has 0 bridgehead atoms. The molecule has 3 nitrogen and oxygen atoms in total. The summed E-state index contributed by atoms with van der Waals surface area (Å²) in [6.07, 6.45) is 0.568. The third kappa shape index (κ3) is 5.86. The van der Waals surface area contributed by atoms with E-state index in [1.807, 2.05) is 29.2 Å². The molecule has 104 valence electrons. The topological polar surface area (TPSA) is 46.3 Å². The van der Waals surface area contributed by atoms with Gasteiger partial charge in [-0.2, -0.15) is 0 Å². The lowest BCUT2D eigenvalue weighted by molar-refractivity contribution is 0.0741. The van der Waals surface area contributed by atoms with Gasteiger partial charge in [0.25, 0.3) is 5.91 Å². The maximum absolute atomic E-state index is 12.4. The third-order valence-electron chi connectivity index (χ3n) is 2.59. The summed E-state index contributed by atoms with van der Waals surface area (Å²) in [6.45, 7) is 5.48. The molecule has 19 heavy (non-hydrogen) atoms. The molecule has 0 unspecified atom stereocenters. The molecule has 0 aliphatic heterocycles. The molecular weight excluding hydrogens is 371 g/mol. The first-order chi connectivity index (χ1) is 8.90. The Kier molecular flexibility index (Phi) is 6.71. The lowest BCUT2D eigenvalue weighted by Gasteiger charge is -2.24. The molecule has 0 fully saturated rings. The van der Waals surface area contributed by atoms with Gasteiger partial charge in [-0.05, 0) is 52.8 Å². The van der Waals surface area contributed by atoms with E-state index in [2.05, 4.69) is 36.4 Å². The van der Waals surface area contributed by atoms with Crippen LogP contribution >= 0.6 is 34.8 Å². The van der Waals surface area contributed by atoms with Gasteiger partial charge in [0.1, 0.15) is 0 Å². The van der Waals surface area contributed by atoms with Crippen LogP contribution in [-0.4, -0.2) is 28.9 Å². The highest BCUT2D eigenvalue weighted by atomic mass is 127. The van der Waals surface area contributed by atoms with Crippen LogP contribution < -0.4 is 5.73 Å². The minimum Gasteiger partial charge on any atom is -0.393 e. The molecule has 2 N–H and O–H groups in total. The Balaban J connectivity index is 2.80. The number of nitrogens with zero attached hydrogens (tertiary/aromatic N) is 1. The molecule has 1 aromatic carbocycles. The van der Waals surface area contributed by atoms with Gasteiger partial charge in [0, 0.05) is 28.6 Å². The Labute approximate surface area is 133 Å². The zero-order valence-electron chi connectivity index (χ0n) is 11.2. The SMILES string of the molecule is CC(C)CN(CCC(N)=S)C(=O)c1ccc(I)cc1. The first-order valence-corrected chi connectivity index (χ1v) is 7.72. The smallest absolute Gasteiger partial charge is 0.253 e. The Morgan fingerprint density at radius 2 is 1.95 bits per heavy atom. The van der Waals surface area contributed by atoms with E-state index in [4.69, 9.17) is 18.0 Å². The van der Waals surface area contributed by atoms with E-state index in [1.54, 1.807) is 0 Å². The van der Waals surface area contributed by atoms with Crippen LogP contribution in [0.4, 0.5) is 0 Å². The minimum absolute atomic E-state index is 0.0429. The molecule has 0 atom stereocenters. The molecule has 0 radical (unpaired) electrons. The van der Waals surface area contributed by atoms with Gasteiger partial charge < -0.3 is 10.6 Å². The first-order valence-electron chi connectivity index (χ1n) is 6.23. The number of thiocarbonyl (C=S) groups is 1. The maximum atomic E-state index is 12.4. The van der Waals surface area contributed by atoms with Gasteiger partial charge in [-0.1, -0.05) is 26.1 Å². The van der Waals surface area contributed by atoms with Crippen molar-refractivity contribution in [2.75, 3.05) is 13.1 Å². The number of halogens is 1. The molecule has 0 aromatic heterocycles. The molecule has 5 heteroatoms. The van der Waals surface area contributed by atoms with E-state index < -0.39 is 0 Å². The summed E-state index contributed by atoms with van der Waals surface area (Å²) in [5.74, 6) is 0.459. The van der Waals surface area contributed by atoms with Gasteiger partial charge >= 0.3 is 0 Å². The minimum atomic E-state index is 0.0429. The number of rotatable bonds is 6. The van der Waals surface area contributed by atoms with E-state index in [0.717, 1.165) is 3.57 Å². The summed E-state index contributed by atoms with van der Waals surface area (Å²) in [5, 5.41) is 0. The largest absolute Gasteiger partial charge is 0.393 e.